The molecule has 3 rings (SSSR count). The van der Waals surface area contributed by atoms with Crippen LogP contribution in [0.25, 0.3) is 0 Å². The second-order valence-corrected chi connectivity index (χ2v) is 6.72. The molecule has 1 aliphatic heterocycles. The Kier molecular flexibility index (Phi) is 4.74. The lowest BCUT2D eigenvalue weighted by molar-refractivity contribution is -0.122. The normalized spacial score (nSPS) is 21.3. The zero-order valence-electron chi connectivity index (χ0n) is 13.6. The highest BCUT2D eigenvalue weighted by Gasteiger charge is 2.25. The van der Waals surface area contributed by atoms with Gasteiger partial charge in [0.15, 0.2) is 0 Å². The van der Waals surface area contributed by atoms with Crippen molar-refractivity contribution >= 4 is 5.91 Å². The molecule has 1 aliphatic carbocycles. The number of amides is 1. The predicted molar refractivity (Wildman–Crippen MR) is 86.6 cm³/mol. The SMILES string of the molecule is CN(C)C1CCN(CC(=O)NCc2cnc3c(c2)CCC3)C1. The summed E-state index contributed by atoms with van der Waals surface area (Å²) in [6.45, 7) is 3.09. The molecule has 1 N–H and O–H groups in total. The lowest BCUT2D eigenvalue weighted by atomic mass is 10.1. The zero-order chi connectivity index (χ0) is 15.5. The quantitative estimate of drug-likeness (QED) is 0.875. The number of carbonyl (C=O) groups is 1. The maximum Gasteiger partial charge on any atom is 0.234 e. The van der Waals surface area contributed by atoms with Crippen molar-refractivity contribution < 1.29 is 4.79 Å². The number of nitrogens with zero attached hydrogens (tertiary/aromatic N) is 3. The number of pyridine rings is 1. The van der Waals surface area contributed by atoms with Crippen LogP contribution >= 0.6 is 0 Å². The highest BCUT2D eigenvalue weighted by Crippen LogP contribution is 2.20. The third-order valence-corrected chi connectivity index (χ3v) is 4.81. The highest BCUT2D eigenvalue weighted by molar-refractivity contribution is 5.78. The average Bonchev–Trinajstić information content (AvgIpc) is 3.13. The van der Waals surface area contributed by atoms with Gasteiger partial charge in [-0.3, -0.25) is 14.7 Å². The number of likely N-dealkylation sites (N-methyl/N-ethyl adjacent to an activating group) is 1. The van der Waals surface area contributed by atoms with Crippen molar-refractivity contribution in [2.24, 2.45) is 0 Å². The first-order valence-corrected chi connectivity index (χ1v) is 8.24. The Morgan fingerprint density at radius 3 is 3.09 bits per heavy atom. The molecule has 5 heteroatoms. The molecule has 0 bridgehead atoms. The van der Waals surface area contributed by atoms with Gasteiger partial charge in [0.25, 0.3) is 0 Å². The summed E-state index contributed by atoms with van der Waals surface area (Å²) in [7, 11) is 4.21. The second-order valence-electron chi connectivity index (χ2n) is 6.72. The van der Waals surface area contributed by atoms with Crippen molar-refractivity contribution in [1.82, 2.24) is 20.1 Å². The Morgan fingerprint density at radius 1 is 1.45 bits per heavy atom. The first-order valence-electron chi connectivity index (χ1n) is 8.24. The first-order chi connectivity index (χ1) is 10.6. The molecule has 1 aromatic heterocycles. The van der Waals surface area contributed by atoms with Gasteiger partial charge in [-0.15, -0.1) is 0 Å². The number of hydrogen-bond acceptors (Lipinski definition) is 4. The minimum absolute atomic E-state index is 0.111. The second kappa shape index (κ2) is 6.75. The van der Waals surface area contributed by atoms with E-state index in [4.69, 9.17) is 0 Å². The number of nitrogens with one attached hydrogen (secondary N) is 1. The van der Waals surface area contributed by atoms with Gasteiger partial charge in [-0.05, 0) is 50.9 Å². The maximum absolute atomic E-state index is 12.1. The molecule has 1 amide bonds. The van der Waals surface area contributed by atoms with Gasteiger partial charge >= 0.3 is 0 Å². The molecule has 120 valence electrons. The summed E-state index contributed by atoms with van der Waals surface area (Å²) in [6.07, 6.45) is 6.49. The molecule has 1 atom stereocenters. The van der Waals surface area contributed by atoms with Crippen LogP contribution in [0, 0.1) is 0 Å². The summed E-state index contributed by atoms with van der Waals surface area (Å²) in [4.78, 5) is 21.1. The van der Waals surface area contributed by atoms with Crippen LogP contribution < -0.4 is 5.32 Å². The van der Waals surface area contributed by atoms with Crippen molar-refractivity contribution in [3.8, 4) is 0 Å². The van der Waals surface area contributed by atoms with E-state index < -0.39 is 0 Å². The molecular weight excluding hydrogens is 276 g/mol. The Labute approximate surface area is 132 Å². The van der Waals surface area contributed by atoms with Gasteiger partial charge in [-0.2, -0.15) is 0 Å². The molecule has 2 aliphatic rings. The van der Waals surface area contributed by atoms with Gasteiger partial charge in [0.05, 0.1) is 6.54 Å². The number of rotatable bonds is 5. The number of aromatic nitrogens is 1. The Bertz CT molecular complexity index is 543. The summed E-state index contributed by atoms with van der Waals surface area (Å²) < 4.78 is 0. The van der Waals surface area contributed by atoms with Gasteiger partial charge in [0, 0.05) is 37.6 Å². The molecular formula is C17H26N4O. The lowest BCUT2D eigenvalue weighted by Gasteiger charge is -2.20. The van der Waals surface area contributed by atoms with Gasteiger partial charge in [0.2, 0.25) is 5.91 Å². The molecule has 0 aromatic carbocycles. The third-order valence-electron chi connectivity index (χ3n) is 4.81. The van der Waals surface area contributed by atoms with E-state index in [0.29, 0.717) is 19.1 Å². The summed E-state index contributed by atoms with van der Waals surface area (Å²) in [5.74, 6) is 0.111. The van der Waals surface area contributed by atoms with E-state index in [1.165, 1.54) is 17.7 Å². The fourth-order valence-electron chi connectivity index (χ4n) is 3.41. The molecule has 1 unspecified atom stereocenters. The molecule has 0 spiro atoms. The number of fused-ring (bicyclic) bond motifs is 1. The largest absolute Gasteiger partial charge is 0.351 e. The minimum atomic E-state index is 0.111. The molecule has 1 aromatic rings. The van der Waals surface area contributed by atoms with Gasteiger partial charge < -0.3 is 10.2 Å². The van der Waals surface area contributed by atoms with Crippen LogP contribution in [0.1, 0.15) is 29.7 Å². The molecule has 1 saturated heterocycles. The molecule has 0 saturated carbocycles. The van der Waals surface area contributed by atoms with Crippen LogP contribution in [0.3, 0.4) is 0 Å². The van der Waals surface area contributed by atoms with Crippen LogP contribution in [0.2, 0.25) is 0 Å². The molecule has 1 fully saturated rings. The van der Waals surface area contributed by atoms with E-state index in [0.717, 1.165) is 37.9 Å². The van der Waals surface area contributed by atoms with Crippen molar-refractivity contribution in [1.29, 1.82) is 0 Å². The van der Waals surface area contributed by atoms with Crippen molar-refractivity contribution in [3.05, 3.63) is 29.1 Å². The number of aryl methyl sites for hydroxylation is 2. The van der Waals surface area contributed by atoms with Crippen LogP contribution in [-0.2, 0) is 24.2 Å². The smallest absolute Gasteiger partial charge is 0.234 e. The standard InChI is InChI=1S/C17H26N4O/c1-20(2)15-6-7-21(11-15)12-17(22)19-10-13-8-14-4-3-5-16(14)18-9-13/h8-9,15H,3-7,10-12H2,1-2H3,(H,19,22). The van der Waals surface area contributed by atoms with Gasteiger partial charge in [-0.1, -0.05) is 6.07 Å². The van der Waals surface area contributed by atoms with E-state index in [9.17, 15) is 4.79 Å². The van der Waals surface area contributed by atoms with E-state index >= 15 is 0 Å². The topological polar surface area (TPSA) is 48.5 Å². The summed E-state index contributed by atoms with van der Waals surface area (Å²) in [5.41, 5.74) is 3.71. The Hall–Kier alpha value is -1.46. The van der Waals surface area contributed by atoms with E-state index in [-0.39, 0.29) is 5.91 Å². The molecule has 0 radical (unpaired) electrons. The lowest BCUT2D eigenvalue weighted by Crippen LogP contribution is -2.38. The Morgan fingerprint density at radius 2 is 2.32 bits per heavy atom. The molecule has 2 heterocycles. The average molecular weight is 302 g/mol. The van der Waals surface area contributed by atoms with Crippen LogP contribution in [0.5, 0.6) is 0 Å². The zero-order valence-corrected chi connectivity index (χ0v) is 13.6. The Balaban J connectivity index is 1.45. The number of likely N-dealkylation sites (tertiary alicyclic amines) is 1. The third kappa shape index (κ3) is 3.65. The van der Waals surface area contributed by atoms with Crippen LogP contribution in [0.15, 0.2) is 12.3 Å². The highest BCUT2D eigenvalue weighted by atomic mass is 16.2. The molecule has 22 heavy (non-hydrogen) atoms. The summed E-state index contributed by atoms with van der Waals surface area (Å²) >= 11 is 0. The summed E-state index contributed by atoms with van der Waals surface area (Å²) in [6, 6.07) is 2.78. The van der Waals surface area contributed by atoms with Crippen LogP contribution in [-0.4, -0.2) is 60.5 Å². The van der Waals surface area contributed by atoms with Crippen molar-refractivity contribution in [2.45, 2.75) is 38.3 Å². The van der Waals surface area contributed by atoms with Crippen LogP contribution in [0.4, 0.5) is 0 Å². The van der Waals surface area contributed by atoms with Crippen molar-refractivity contribution in [2.75, 3.05) is 33.7 Å². The fraction of sp³-hybridized carbons (Fsp3) is 0.647. The number of carbonyl (C=O) groups excluding carboxylic acids is 1. The maximum atomic E-state index is 12.1. The van der Waals surface area contributed by atoms with Gasteiger partial charge in [-0.25, -0.2) is 0 Å². The fourth-order valence-corrected chi connectivity index (χ4v) is 3.41. The van der Waals surface area contributed by atoms with Crippen molar-refractivity contribution in [3.63, 3.8) is 0 Å². The first kappa shape index (κ1) is 15.4. The van der Waals surface area contributed by atoms with E-state index in [1.807, 2.05) is 6.20 Å². The monoisotopic (exact) mass is 302 g/mol. The minimum Gasteiger partial charge on any atom is -0.351 e. The van der Waals surface area contributed by atoms with E-state index in [2.05, 4.69) is 40.3 Å². The van der Waals surface area contributed by atoms with Gasteiger partial charge in [0.1, 0.15) is 0 Å². The number of hydrogen-bond donors (Lipinski definition) is 1. The van der Waals surface area contributed by atoms with E-state index in [1.54, 1.807) is 0 Å². The summed E-state index contributed by atoms with van der Waals surface area (Å²) in [5, 5.41) is 3.03. The predicted octanol–water partition coefficient (Wildman–Crippen LogP) is 0.822. The molecule has 5 nitrogen and oxygen atoms in total.